The average molecular weight is 511 g/mol. The van der Waals surface area contributed by atoms with Crippen LogP contribution in [-0.4, -0.2) is 56.5 Å². The second kappa shape index (κ2) is 14.8. The molecule has 1 aromatic carbocycles. The maximum Gasteiger partial charge on any atom is 0.307 e. The zero-order valence-electron chi connectivity index (χ0n) is 17.1. The van der Waals surface area contributed by atoms with Crippen LogP contribution >= 0.6 is 0 Å². The first-order chi connectivity index (χ1) is 12.9. The zero-order valence-corrected chi connectivity index (χ0v) is 20.7. The van der Waals surface area contributed by atoms with E-state index in [1.54, 1.807) is 0 Å². The van der Waals surface area contributed by atoms with Crippen LogP contribution in [0.15, 0.2) is 23.1 Å². The van der Waals surface area contributed by atoms with Crippen molar-refractivity contribution in [2.75, 3.05) is 26.0 Å². The Morgan fingerprint density at radius 2 is 1.62 bits per heavy atom. The molecular weight excluding hydrogens is 482 g/mol. The molecule has 29 heavy (non-hydrogen) atoms. The van der Waals surface area contributed by atoms with E-state index in [-0.39, 0.29) is 43.4 Å². The largest absolute Gasteiger partial charge is 0.488 e. The predicted molar refractivity (Wildman–Crippen MR) is 101 cm³/mol. The van der Waals surface area contributed by atoms with E-state index in [0.717, 1.165) is 31.8 Å². The first kappa shape index (κ1) is 30.1. The molecule has 2 unspecified atom stereocenters. The van der Waals surface area contributed by atoms with Gasteiger partial charge in [-0.3, -0.25) is 9.59 Å². The minimum atomic E-state index is -3.41. The zero-order chi connectivity index (χ0) is 21.9. The molecule has 0 aliphatic rings. The fraction of sp³-hybridized carbons (Fsp3) is 0.556. The fourth-order valence-corrected chi connectivity index (χ4v) is 2.53. The van der Waals surface area contributed by atoms with E-state index in [0.29, 0.717) is 6.61 Å². The number of carbonyl (C=O) groups is 2. The smallest absolute Gasteiger partial charge is 0.307 e. The van der Waals surface area contributed by atoms with Gasteiger partial charge in [-0.15, -0.1) is 0 Å². The summed E-state index contributed by atoms with van der Waals surface area (Å²) in [5.74, 6) is -4.15. The van der Waals surface area contributed by atoms with Crippen LogP contribution in [-0.2, 0) is 52.1 Å². The molecule has 1 radical (unpaired) electrons. The Kier molecular flexibility index (Phi) is 15.4. The number of nitrogens with two attached hydrogens (primary N) is 1. The monoisotopic (exact) mass is 511 g/mol. The van der Waals surface area contributed by atoms with Crippen molar-refractivity contribution < 1.29 is 75.4 Å². The number of rotatable bonds is 10. The van der Waals surface area contributed by atoms with E-state index in [4.69, 9.17) is 14.9 Å². The molecule has 11 heteroatoms. The number of quaternary nitrogens is 1. The predicted octanol–water partition coefficient (Wildman–Crippen LogP) is 1.01. The van der Waals surface area contributed by atoms with Gasteiger partial charge in [-0.2, -0.15) is 0 Å². The maximum atomic E-state index is 13.2. The third kappa shape index (κ3) is 12.9. The number of benzene rings is 1. The Bertz CT molecular complexity index is 741. The number of halogens is 1. The molecule has 8 nitrogen and oxygen atoms in total. The van der Waals surface area contributed by atoms with E-state index in [2.05, 4.69) is 12.2 Å². The molecule has 163 valence electrons. The van der Waals surface area contributed by atoms with Gasteiger partial charge in [-0.05, 0) is 18.6 Å². The van der Waals surface area contributed by atoms with Crippen molar-refractivity contribution >= 4 is 21.8 Å². The SMILES string of the molecule is CC(C(=O)O)C(C)C(=O)O.CCC[NH2+]CCOc1cc(F)cc(S(C)(=O)=O)c1.[Y]. The maximum absolute atomic E-state index is 13.2. The van der Waals surface area contributed by atoms with Crippen molar-refractivity contribution in [2.24, 2.45) is 11.8 Å². The molecule has 1 aromatic rings. The van der Waals surface area contributed by atoms with Crippen molar-refractivity contribution in [2.45, 2.75) is 32.1 Å². The number of ether oxygens (including phenoxy) is 1. The molecule has 0 saturated heterocycles. The van der Waals surface area contributed by atoms with Crippen LogP contribution in [0.5, 0.6) is 5.75 Å². The van der Waals surface area contributed by atoms with Crippen molar-refractivity contribution in [3.8, 4) is 5.75 Å². The van der Waals surface area contributed by atoms with Gasteiger partial charge in [0.05, 0.1) is 23.3 Å². The number of carboxylic acids is 2. The van der Waals surface area contributed by atoms with Gasteiger partial charge >= 0.3 is 11.9 Å². The van der Waals surface area contributed by atoms with Crippen LogP contribution in [0.25, 0.3) is 0 Å². The summed E-state index contributed by atoms with van der Waals surface area (Å²) >= 11 is 0. The standard InChI is InChI=1S/C12H18FNO3S.C6H10O4.Y/c1-3-4-14-5-6-17-11-7-10(13)8-12(9-11)18(2,15)16;1-3(5(7)8)4(2)6(9)10;/h7-9,14H,3-6H2,1-2H3;3-4H,1-2H3,(H,7,8)(H,9,10);/p+1. The number of hydrogen-bond acceptors (Lipinski definition) is 5. The van der Waals surface area contributed by atoms with E-state index < -0.39 is 39.4 Å². The van der Waals surface area contributed by atoms with Gasteiger partial charge in [-0.1, -0.05) is 20.8 Å². The van der Waals surface area contributed by atoms with E-state index in [1.165, 1.54) is 26.0 Å². The minimum absolute atomic E-state index is 0. The first-order valence-corrected chi connectivity index (χ1v) is 10.7. The molecule has 0 spiro atoms. The van der Waals surface area contributed by atoms with E-state index in [1.807, 2.05) is 0 Å². The minimum Gasteiger partial charge on any atom is -0.488 e. The molecule has 1 rings (SSSR count). The average Bonchev–Trinajstić information content (AvgIpc) is 2.59. The summed E-state index contributed by atoms with van der Waals surface area (Å²) in [5.41, 5.74) is 0. The number of aliphatic carboxylic acids is 2. The fourth-order valence-electron chi connectivity index (χ4n) is 1.87. The summed E-state index contributed by atoms with van der Waals surface area (Å²) in [4.78, 5) is 20.3. The summed E-state index contributed by atoms with van der Waals surface area (Å²) in [6.45, 7) is 7.04. The molecule has 0 aliphatic heterocycles. The Hall–Kier alpha value is -1.10. The molecule has 0 saturated carbocycles. The summed E-state index contributed by atoms with van der Waals surface area (Å²) in [5, 5.41) is 18.8. The number of hydrogen-bond donors (Lipinski definition) is 3. The molecule has 0 aromatic heterocycles. The molecule has 0 amide bonds. The Balaban J connectivity index is 0. The molecule has 0 bridgehead atoms. The van der Waals surface area contributed by atoms with E-state index >= 15 is 0 Å². The number of carboxylic acid groups (broad SMARTS) is 2. The summed E-state index contributed by atoms with van der Waals surface area (Å²) < 4.78 is 41.2. The second-order valence-corrected chi connectivity index (χ2v) is 8.38. The van der Waals surface area contributed by atoms with Gasteiger partial charge in [0.2, 0.25) is 0 Å². The van der Waals surface area contributed by atoms with E-state index in [9.17, 15) is 22.4 Å². The molecule has 4 N–H and O–H groups in total. The quantitative estimate of drug-likeness (QED) is 0.399. The van der Waals surface area contributed by atoms with Crippen molar-refractivity contribution in [3.63, 3.8) is 0 Å². The van der Waals surface area contributed by atoms with Crippen molar-refractivity contribution in [3.05, 3.63) is 24.0 Å². The normalized spacial score (nSPS) is 12.6. The third-order valence-electron chi connectivity index (χ3n) is 3.89. The van der Waals surface area contributed by atoms with Gasteiger partial charge in [0.25, 0.3) is 0 Å². The number of sulfone groups is 1. The molecule has 2 atom stereocenters. The van der Waals surface area contributed by atoms with Gasteiger partial charge in [0, 0.05) is 45.0 Å². The van der Waals surface area contributed by atoms with Gasteiger partial charge in [-0.25, -0.2) is 12.8 Å². The van der Waals surface area contributed by atoms with Crippen LogP contribution in [0.4, 0.5) is 4.39 Å². The summed E-state index contributed by atoms with van der Waals surface area (Å²) in [7, 11) is -3.41. The summed E-state index contributed by atoms with van der Waals surface area (Å²) in [6, 6.07) is 3.53. The van der Waals surface area contributed by atoms with Gasteiger partial charge in [0.1, 0.15) is 24.7 Å². The topological polar surface area (TPSA) is 135 Å². The second-order valence-electron chi connectivity index (χ2n) is 6.36. The Morgan fingerprint density at radius 1 is 1.10 bits per heavy atom. The Labute approximate surface area is 196 Å². The third-order valence-corrected chi connectivity index (χ3v) is 4.98. The molecular formula is C18H29FNO7SY+. The van der Waals surface area contributed by atoms with Crippen molar-refractivity contribution in [1.82, 2.24) is 0 Å². The summed E-state index contributed by atoms with van der Waals surface area (Å²) in [6.07, 6.45) is 2.12. The first-order valence-electron chi connectivity index (χ1n) is 8.80. The molecule has 0 heterocycles. The van der Waals surface area contributed by atoms with Gasteiger partial charge < -0.3 is 20.3 Å². The van der Waals surface area contributed by atoms with Crippen LogP contribution in [0.3, 0.4) is 0 Å². The molecule has 0 aliphatic carbocycles. The van der Waals surface area contributed by atoms with Crippen LogP contribution < -0.4 is 10.1 Å². The van der Waals surface area contributed by atoms with Gasteiger partial charge in [0.15, 0.2) is 9.84 Å². The molecule has 0 fully saturated rings. The van der Waals surface area contributed by atoms with Crippen LogP contribution in [0, 0.1) is 17.7 Å². The van der Waals surface area contributed by atoms with Crippen molar-refractivity contribution in [1.29, 1.82) is 0 Å². The Morgan fingerprint density at radius 3 is 2.03 bits per heavy atom. The van der Waals surface area contributed by atoms with Crippen LogP contribution in [0.2, 0.25) is 0 Å². The van der Waals surface area contributed by atoms with Crippen LogP contribution in [0.1, 0.15) is 27.2 Å².